The highest BCUT2D eigenvalue weighted by Crippen LogP contribution is 2.34. The van der Waals surface area contributed by atoms with Crippen LogP contribution in [0.15, 0.2) is 54.6 Å². The molecule has 1 aliphatic carbocycles. The average molecular weight is 234 g/mol. The van der Waals surface area contributed by atoms with E-state index in [9.17, 15) is 0 Å². The summed E-state index contributed by atoms with van der Waals surface area (Å²) in [6.07, 6.45) is 3.47. The van der Waals surface area contributed by atoms with E-state index in [0.29, 0.717) is 5.92 Å². The quantitative estimate of drug-likeness (QED) is 0.668. The van der Waals surface area contributed by atoms with Gasteiger partial charge in [-0.25, -0.2) is 0 Å². The second-order valence-corrected chi connectivity index (χ2v) is 5.23. The maximum absolute atomic E-state index is 2.41. The van der Waals surface area contributed by atoms with Crippen LogP contribution in [0.4, 0.5) is 0 Å². The van der Waals surface area contributed by atoms with Crippen molar-refractivity contribution in [3.8, 4) is 0 Å². The first-order valence-electron chi connectivity index (χ1n) is 6.59. The molecule has 18 heavy (non-hydrogen) atoms. The van der Waals surface area contributed by atoms with Crippen molar-refractivity contribution in [2.45, 2.75) is 26.2 Å². The van der Waals surface area contributed by atoms with Crippen molar-refractivity contribution in [3.63, 3.8) is 0 Å². The smallest absolute Gasteiger partial charge is 0.000134 e. The van der Waals surface area contributed by atoms with Crippen molar-refractivity contribution in [1.29, 1.82) is 0 Å². The minimum Gasteiger partial charge on any atom is -0.0731 e. The first-order chi connectivity index (χ1) is 8.74. The largest absolute Gasteiger partial charge is 0.0731 e. The summed E-state index contributed by atoms with van der Waals surface area (Å²) in [4.78, 5) is 0. The minimum absolute atomic E-state index is 0.517. The maximum Gasteiger partial charge on any atom is -0.000134 e. The molecule has 0 aliphatic heterocycles. The molecule has 0 heterocycles. The molecule has 90 valence electrons. The lowest BCUT2D eigenvalue weighted by Crippen LogP contribution is -2.06. The van der Waals surface area contributed by atoms with Crippen LogP contribution in [0.25, 0.3) is 5.57 Å². The highest BCUT2D eigenvalue weighted by molar-refractivity contribution is 5.71. The molecule has 2 aromatic rings. The summed E-state index contributed by atoms with van der Waals surface area (Å²) in [5.74, 6) is 0.517. The number of hydrogen-bond donors (Lipinski definition) is 0. The minimum atomic E-state index is 0.517. The molecular weight excluding hydrogens is 216 g/mol. The van der Waals surface area contributed by atoms with E-state index in [1.807, 2.05) is 0 Å². The molecule has 0 nitrogen and oxygen atoms in total. The number of aryl methyl sites for hydroxylation is 1. The Labute approximate surface area is 109 Å². The van der Waals surface area contributed by atoms with Crippen LogP contribution in [-0.2, 0) is 6.42 Å². The van der Waals surface area contributed by atoms with Gasteiger partial charge in [-0.15, -0.1) is 0 Å². The third-order valence-electron chi connectivity index (χ3n) is 3.77. The molecule has 0 saturated heterocycles. The Morgan fingerprint density at radius 2 is 1.78 bits per heavy atom. The van der Waals surface area contributed by atoms with Crippen LogP contribution in [0, 0.1) is 6.92 Å². The molecule has 0 heteroatoms. The van der Waals surface area contributed by atoms with Gasteiger partial charge in [0.1, 0.15) is 0 Å². The summed E-state index contributed by atoms with van der Waals surface area (Å²) in [5.41, 5.74) is 7.15. The Morgan fingerprint density at radius 1 is 1.00 bits per heavy atom. The lowest BCUT2D eigenvalue weighted by Gasteiger charge is -2.23. The van der Waals surface area contributed by atoms with Gasteiger partial charge in [-0.3, -0.25) is 0 Å². The zero-order valence-electron chi connectivity index (χ0n) is 11.0. The molecule has 3 rings (SSSR count). The number of rotatable bonds is 1. The highest BCUT2D eigenvalue weighted by Gasteiger charge is 2.17. The number of fused-ring (bicyclic) bond motifs is 1. The Balaban J connectivity index is 2.02. The van der Waals surface area contributed by atoms with E-state index in [1.54, 1.807) is 0 Å². The second-order valence-electron chi connectivity index (χ2n) is 5.23. The summed E-state index contributed by atoms with van der Waals surface area (Å²) in [6.45, 7) is 4.46. The summed E-state index contributed by atoms with van der Waals surface area (Å²) in [7, 11) is 0. The Bertz CT molecular complexity index is 591. The van der Waals surface area contributed by atoms with Crippen LogP contribution >= 0.6 is 0 Å². The summed E-state index contributed by atoms with van der Waals surface area (Å²) in [6, 6.07) is 17.6. The molecule has 1 unspecified atom stereocenters. The van der Waals surface area contributed by atoms with E-state index >= 15 is 0 Å². The summed E-state index contributed by atoms with van der Waals surface area (Å²) >= 11 is 0. The van der Waals surface area contributed by atoms with E-state index in [2.05, 4.69) is 68.5 Å². The lowest BCUT2D eigenvalue weighted by molar-refractivity contribution is 0.913. The van der Waals surface area contributed by atoms with Crippen LogP contribution in [0.3, 0.4) is 0 Å². The second kappa shape index (κ2) is 4.45. The van der Waals surface area contributed by atoms with Crippen LogP contribution in [0.2, 0.25) is 0 Å². The van der Waals surface area contributed by atoms with Crippen molar-refractivity contribution < 1.29 is 0 Å². The van der Waals surface area contributed by atoms with Gasteiger partial charge in [0.05, 0.1) is 0 Å². The van der Waals surface area contributed by atoms with Gasteiger partial charge in [0.15, 0.2) is 0 Å². The van der Waals surface area contributed by atoms with Gasteiger partial charge in [-0.1, -0.05) is 67.1 Å². The normalized spacial score (nSPS) is 18.1. The summed E-state index contributed by atoms with van der Waals surface area (Å²) < 4.78 is 0. The molecule has 0 spiro atoms. The molecule has 0 bridgehead atoms. The predicted molar refractivity (Wildman–Crippen MR) is 77.7 cm³/mol. The van der Waals surface area contributed by atoms with Crippen molar-refractivity contribution >= 4 is 5.57 Å². The van der Waals surface area contributed by atoms with Gasteiger partial charge in [0, 0.05) is 0 Å². The van der Waals surface area contributed by atoms with Gasteiger partial charge >= 0.3 is 0 Å². The Morgan fingerprint density at radius 3 is 2.56 bits per heavy atom. The number of allylic oxidation sites excluding steroid dienone is 2. The Kier molecular flexibility index (Phi) is 2.79. The molecule has 1 aliphatic rings. The maximum atomic E-state index is 2.41. The molecule has 1 atom stereocenters. The third-order valence-corrected chi connectivity index (χ3v) is 3.77. The highest BCUT2D eigenvalue weighted by atomic mass is 14.2. The van der Waals surface area contributed by atoms with Crippen LogP contribution < -0.4 is 0 Å². The van der Waals surface area contributed by atoms with Gasteiger partial charge in [-0.05, 0) is 41.5 Å². The molecule has 0 radical (unpaired) electrons. The van der Waals surface area contributed by atoms with Crippen LogP contribution in [0.5, 0.6) is 0 Å². The molecule has 0 saturated carbocycles. The first-order valence-corrected chi connectivity index (χ1v) is 6.59. The zero-order chi connectivity index (χ0) is 12.5. The molecule has 0 amide bonds. The first kappa shape index (κ1) is 11.3. The topological polar surface area (TPSA) is 0 Å². The van der Waals surface area contributed by atoms with Gasteiger partial charge < -0.3 is 0 Å². The molecular formula is C18H18. The van der Waals surface area contributed by atoms with E-state index in [-0.39, 0.29) is 0 Å². The van der Waals surface area contributed by atoms with Crippen molar-refractivity contribution in [2.24, 2.45) is 0 Å². The fourth-order valence-electron chi connectivity index (χ4n) is 2.81. The van der Waals surface area contributed by atoms with E-state index < -0.39 is 0 Å². The molecule has 0 fully saturated rings. The fraction of sp³-hybridized carbons (Fsp3) is 0.222. The molecule has 0 N–H and O–H groups in total. The van der Waals surface area contributed by atoms with Crippen LogP contribution in [-0.4, -0.2) is 0 Å². The SMILES string of the molecule is Cc1ccc2c(c1)C(C)C=C(c1ccccc1)C2. The van der Waals surface area contributed by atoms with Crippen molar-refractivity contribution in [2.75, 3.05) is 0 Å². The molecule has 2 aromatic carbocycles. The van der Waals surface area contributed by atoms with Gasteiger partial charge in [0.2, 0.25) is 0 Å². The number of benzene rings is 2. The van der Waals surface area contributed by atoms with E-state index in [0.717, 1.165) is 6.42 Å². The van der Waals surface area contributed by atoms with E-state index in [1.165, 1.54) is 27.8 Å². The third kappa shape index (κ3) is 1.99. The predicted octanol–water partition coefficient (Wildman–Crippen LogP) is 4.74. The average Bonchev–Trinajstić information content (AvgIpc) is 2.40. The van der Waals surface area contributed by atoms with Crippen molar-refractivity contribution in [1.82, 2.24) is 0 Å². The standard InChI is InChI=1S/C18H18/c1-13-8-9-16-12-17(11-14(2)18(16)10-13)15-6-4-3-5-7-15/h3-11,14H,12H2,1-2H3. The monoisotopic (exact) mass is 234 g/mol. The fourth-order valence-corrected chi connectivity index (χ4v) is 2.81. The van der Waals surface area contributed by atoms with Gasteiger partial charge in [0.25, 0.3) is 0 Å². The lowest BCUT2D eigenvalue weighted by atomic mass is 9.82. The number of hydrogen-bond acceptors (Lipinski definition) is 0. The zero-order valence-corrected chi connectivity index (χ0v) is 11.0. The Hall–Kier alpha value is -1.82. The van der Waals surface area contributed by atoms with Crippen LogP contribution in [0.1, 0.15) is 35.1 Å². The van der Waals surface area contributed by atoms with E-state index in [4.69, 9.17) is 0 Å². The summed E-state index contributed by atoms with van der Waals surface area (Å²) in [5, 5.41) is 0. The van der Waals surface area contributed by atoms with Crippen molar-refractivity contribution in [3.05, 3.63) is 76.9 Å². The molecule has 0 aromatic heterocycles. The van der Waals surface area contributed by atoms with Gasteiger partial charge in [-0.2, -0.15) is 0 Å².